The standard InChI is InChI=1S/C24H23N5O3/c1-15-8-7-11-19(12-15)29-23(31)20(22(30)26-24(29)32)13-25-21-16(2)27-28(17(21)3)14-18-9-5-4-6-10-18/h4-13,31H,14H2,1-3H3,(H,26,30,32). The summed E-state index contributed by atoms with van der Waals surface area (Å²) in [6, 6.07) is 17.0. The topological polar surface area (TPSA) is 105 Å². The van der Waals surface area contributed by atoms with Crippen molar-refractivity contribution >= 4 is 11.9 Å². The van der Waals surface area contributed by atoms with E-state index in [-0.39, 0.29) is 5.56 Å². The van der Waals surface area contributed by atoms with Gasteiger partial charge in [0, 0.05) is 6.21 Å². The lowest BCUT2D eigenvalue weighted by atomic mass is 10.2. The van der Waals surface area contributed by atoms with Gasteiger partial charge in [-0.15, -0.1) is 0 Å². The zero-order chi connectivity index (χ0) is 22.8. The molecule has 2 heterocycles. The summed E-state index contributed by atoms with van der Waals surface area (Å²) in [5.74, 6) is -0.472. The van der Waals surface area contributed by atoms with Crippen LogP contribution < -0.4 is 11.2 Å². The highest BCUT2D eigenvalue weighted by molar-refractivity contribution is 5.84. The number of benzene rings is 2. The maximum absolute atomic E-state index is 12.4. The number of aromatic hydroxyl groups is 1. The Labute approximate surface area is 184 Å². The molecule has 0 saturated heterocycles. The number of rotatable bonds is 5. The Bertz CT molecular complexity index is 1430. The molecule has 162 valence electrons. The second kappa shape index (κ2) is 8.50. The lowest BCUT2D eigenvalue weighted by Gasteiger charge is -2.10. The molecule has 8 nitrogen and oxygen atoms in total. The maximum Gasteiger partial charge on any atom is 0.335 e. The predicted octanol–water partition coefficient (Wildman–Crippen LogP) is 3.15. The molecule has 32 heavy (non-hydrogen) atoms. The summed E-state index contributed by atoms with van der Waals surface area (Å²) in [6.45, 7) is 6.19. The Morgan fingerprint density at radius 3 is 2.53 bits per heavy atom. The van der Waals surface area contributed by atoms with Gasteiger partial charge in [0.2, 0.25) is 5.88 Å². The van der Waals surface area contributed by atoms with Crippen LogP contribution in [-0.2, 0) is 6.54 Å². The van der Waals surface area contributed by atoms with Crippen LogP contribution in [0.3, 0.4) is 0 Å². The number of aromatic nitrogens is 4. The fourth-order valence-corrected chi connectivity index (χ4v) is 3.58. The van der Waals surface area contributed by atoms with Crippen LogP contribution in [0.25, 0.3) is 5.69 Å². The smallest absolute Gasteiger partial charge is 0.335 e. The van der Waals surface area contributed by atoms with E-state index in [1.54, 1.807) is 18.2 Å². The third kappa shape index (κ3) is 4.02. The van der Waals surface area contributed by atoms with E-state index < -0.39 is 17.1 Å². The summed E-state index contributed by atoms with van der Waals surface area (Å²) in [6.07, 6.45) is 1.27. The van der Waals surface area contributed by atoms with Crippen LogP contribution >= 0.6 is 0 Å². The number of H-pyrrole nitrogens is 1. The highest BCUT2D eigenvalue weighted by atomic mass is 16.3. The quantitative estimate of drug-likeness (QED) is 0.476. The van der Waals surface area contributed by atoms with Crippen LogP contribution in [0.15, 0.2) is 69.2 Å². The first kappa shape index (κ1) is 21.0. The molecule has 0 spiro atoms. The molecule has 8 heteroatoms. The second-order valence-corrected chi connectivity index (χ2v) is 7.59. The van der Waals surface area contributed by atoms with Gasteiger partial charge in [0.25, 0.3) is 5.56 Å². The normalized spacial score (nSPS) is 11.3. The van der Waals surface area contributed by atoms with E-state index in [2.05, 4.69) is 15.1 Å². The average Bonchev–Trinajstić information content (AvgIpc) is 3.01. The Morgan fingerprint density at radius 2 is 1.81 bits per heavy atom. The van der Waals surface area contributed by atoms with Crippen molar-refractivity contribution in [3.63, 3.8) is 0 Å². The summed E-state index contributed by atoms with van der Waals surface area (Å²) in [5.41, 5.74) is 3.03. The first-order chi connectivity index (χ1) is 15.3. The average molecular weight is 429 g/mol. The SMILES string of the molecule is Cc1cccc(-n2c(O)c(C=Nc3c(C)nn(Cc4ccccc4)c3C)c(=O)[nH]c2=O)c1. The molecule has 0 radical (unpaired) electrons. The molecule has 2 N–H and O–H groups in total. The lowest BCUT2D eigenvalue weighted by molar-refractivity contribution is 0.430. The highest BCUT2D eigenvalue weighted by Gasteiger charge is 2.16. The third-order valence-electron chi connectivity index (χ3n) is 5.22. The Kier molecular flexibility index (Phi) is 5.59. The van der Waals surface area contributed by atoms with E-state index in [0.717, 1.165) is 21.4 Å². The van der Waals surface area contributed by atoms with Gasteiger partial charge in [-0.25, -0.2) is 9.36 Å². The van der Waals surface area contributed by atoms with Gasteiger partial charge in [-0.05, 0) is 44.0 Å². The molecule has 2 aromatic heterocycles. The number of aliphatic imine (C=N–C) groups is 1. The van der Waals surface area contributed by atoms with Gasteiger partial charge in [0.15, 0.2) is 0 Å². The minimum absolute atomic E-state index is 0.110. The van der Waals surface area contributed by atoms with Crippen LogP contribution in [0, 0.1) is 20.8 Å². The second-order valence-electron chi connectivity index (χ2n) is 7.59. The van der Waals surface area contributed by atoms with Crippen LogP contribution in [0.4, 0.5) is 5.69 Å². The molecule has 0 aliphatic heterocycles. The minimum Gasteiger partial charge on any atom is -0.493 e. The van der Waals surface area contributed by atoms with E-state index in [4.69, 9.17) is 0 Å². The van der Waals surface area contributed by atoms with E-state index in [0.29, 0.717) is 23.6 Å². The van der Waals surface area contributed by atoms with Crippen LogP contribution in [0.5, 0.6) is 5.88 Å². The van der Waals surface area contributed by atoms with Gasteiger partial charge >= 0.3 is 5.69 Å². The first-order valence-electron chi connectivity index (χ1n) is 10.1. The Morgan fingerprint density at radius 1 is 1.06 bits per heavy atom. The molecular weight excluding hydrogens is 406 g/mol. The highest BCUT2D eigenvalue weighted by Crippen LogP contribution is 2.24. The summed E-state index contributed by atoms with van der Waals surface area (Å²) >= 11 is 0. The monoisotopic (exact) mass is 429 g/mol. The first-order valence-corrected chi connectivity index (χ1v) is 10.1. The number of nitrogens with zero attached hydrogens (tertiary/aromatic N) is 4. The number of hydrogen-bond acceptors (Lipinski definition) is 5. The molecule has 0 bridgehead atoms. The van der Waals surface area contributed by atoms with Crippen molar-refractivity contribution in [2.75, 3.05) is 0 Å². The van der Waals surface area contributed by atoms with Gasteiger partial charge in [0.1, 0.15) is 11.3 Å². The third-order valence-corrected chi connectivity index (χ3v) is 5.22. The maximum atomic E-state index is 12.4. The molecule has 2 aromatic carbocycles. The summed E-state index contributed by atoms with van der Waals surface area (Å²) in [5, 5.41) is 15.3. The summed E-state index contributed by atoms with van der Waals surface area (Å²) in [7, 11) is 0. The fourth-order valence-electron chi connectivity index (χ4n) is 3.58. The van der Waals surface area contributed by atoms with Crippen LogP contribution in [0.2, 0.25) is 0 Å². The van der Waals surface area contributed by atoms with E-state index in [1.165, 1.54) is 6.21 Å². The van der Waals surface area contributed by atoms with Gasteiger partial charge in [0.05, 0.1) is 23.6 Å². The van der Waals surface area contributed by atoms with Crippen LogP contribution in [-0.4, -0.2) is 30.7 Å². The fraction of sp³-hybridized carbons (Fsp3) is 0.167. The zero-order valence-electron chi connectivity index (χ0n) is 18.0. The minimum atomic E-state index is -0.724. The van der Waals surface area contributed by atoms with Crippen molar-refractivity contribution in [2.24, 2.45) is 4.99 Å². The van der Waals surface area contributed by atoms with Crippen molar-refractivity contribution < 1.29 is 5.11 Å². The van der Waals surface area contributed by atoms with Crippen molar-refractivity contribution in [1.82, 2.24) is 19.3 Å². The Hall–Kier alpha value is -4.20. The number of aryl methyl sites for hydroxylation is 2. The molecule has 4 aromatic rings. The van der Waals surface area contributed by atoms with Crippen molar-refractivity contribution in [1.29, 1.82) is 0 Å². The largest absolute Gasteiger partial charge is 0.493 e. The zero-order valence-corrected chi connectivity index (χ0v) is 18.0. The summed E-state index contributed by atoms with van der Waals surface area (Å²) in [4.78, 5) is 31.5. The molecule has 0 unspecified atom stereocenters. The van der Waals surface area contributed by atoms with E-state index in [9.17, 15) is 14.7 Å². The molecule has 4 rings (SSSR count). The molecule has 0 saturated carbocycles. The molecule has 0 fully saturated rings. The molecule has 0 amide bonds. The molecule has 0 atom stereocenters. The number of aromatic amines is 1. The van der Waals surface area contributed by atoms with Gasteiger partial charge < -0.3 is 5.11 Å². The number of hydrogen-bond donors (Lipinski definition) is 2. The molecule has 0 aliphatic carbocycles. The summed E-state index contributed by atoms with van der Waals surface area (Å²) < 4.78 is 2.89. The predicted molar refractivity (Wildman–Crippen MR) is 124 cm³/mol. The van der Waals surface area contributed by atoms with E-state index in [1.807, 2.05) is 61.9 Å². The van der Waals surface area contributed by atoms with Crippen LogP contribution in [0.1, 0.15) is 28.1 Å². The molecule has 0 aliphatic rings. The Balaban J connectivity index is 1.74. The van der Waals surface area contributed by atoms with Crippen molar-refractivity contribution in [3.8, 4) is 11.6 Å². The van der Waals surface area contributed by atoms with E-state index >= 15 is 0 Å². The van der Waals surface area contributed by atoms with Crippen molar-refractivity contribution in [2.45, 2.75) is 27.3 Å². The molecular formula is C24H23N5O3. The van der Waals surface area contributed by atoms with Gasteiger partial charge in [-0.2, -0.15) is 5.10 Å². The number of nitrogens with one attached hydrogen (secondary N) is 1. The van der Waals surface area contributed by atoms with Gasteiger partial charge in [-0.1, -0.05) is 42.5 Å². The van der Waals surface area contributed by atoms with Gasteiger partial charge in [-0.3, -0.25) is 19.5 Å². The lowest BCUT2D eigenvalue weighted by Crippen LogP contribution is -2.31. The van der Waals surface area contributed by atoms with Crippen molar-refractivity contribution in [3.05, 3.63) is 104 Å².